The summed E-state index contributed by atoms with van der Waals surface area (Å²) in [5.74, 6) is -1.99. The normalized spacial score (nSPS) is 28.6. The van der Waals surface area contributed by atoms with E-state index in [9.17, 15) is 14.7 Å². The predicted octanol–water partition coefficient (Wildman–Crippen LogP) is 1.18. The number of hydrogen-bond donors (Lipinski definition) is 2. The van der Waals surface area contributed by atoms with Gasteiger partial charge >= 0.3 is 5.97 Å². The number of rotatable bonds is 2. The molecule has 0 aliphatic heterocycles. The summed E-state index contributed by atoms with van der Waals surface area (Å²) in [5.41, 5.74) is 0. The number of aliphatic hydroxyl groups excluding tert-OH is 1. The first-order chi connectivity index (χ1) is 8.27. The minimum absolute atomic E-state index is 0.471. The van der Waals surface area contributed by atoms with Crippen LogP contribution in [0.4, 0.5) is 0 Å². The fraction of sp³-hybridized carbons (Fsp3) is 0.800. The standard InChI is InChI=1S/C10H14Cl3NO4/c1-18-8(16)5-3-2-4-6(15)7(5)14-9(17)10(11,12)13/h5-7,15H,2-4H2,1H3,(H,14,17)/t5-,6-,7+/m0/s1. The van der Waals surface area contributed by atoms with E-state index >= 15 is 0 Å². The maximum Gasteiger partial charge on any atom is 0.310 e. The summed E-state index contributed by atoms with van der Waals surface area (Å²) in [6, 6.07) is -0.797. The Balaban J connectivity index is 2.79. The molecule has 0 radical (unpaired) electrons. The Morgan fingerprint density at radius 1 is 1.33 bits per heavy atom. The molecule has 0 saturated heterocycles. The van der Waals surface area contributed by atoms with Gasteiger partial charge in [-0.15, -0.1) is 0 Å². The highest BCUT2D eigenvalue weighted by Crippen LogP contribution is 2.30. The van der Waals surface area contributed by atoms with E-state index < -0.39 is 33.7 Å². The van der Waals surface area contributed by atoms with Crippen molar-refractivity contribution in [2.45, 2.75) is 35.2 Å². The zero-order chi connectivity index (χ0) is 13.9. The van der Waals surface area contributed by atoms with Gasteiger partial charge in [-0.1, -0.05) is 34.8 Å². The Morgan fingerprint density at radius 2 is 1.94 bits per heavy atom. The molecule has 8 heteroatoms. The average molecular weight is 319 g/mol. The minimum atomic E-state index is -2.13. The van der Waals surface area contributed by atoms with E-state index in [1.807, 2.05) is 0 Å². The molecule has 1 aliphatic rings. The molecule has 1 fully saturated rings. The number of aliphatic hydroxyl groups is 1. The van der Waals surface area contributed by atoms with Crippen LogP contribution in [-0.4, -0.2) is 40.0 Å². The molecular formula is C10H14Cl3NO4. The van der Waals surface area contributed by atoms with Gasteiger partial charge in [-0.25, -0.2) is 0 Å². The van der Waals surface area contributed by atoms with Crippen LogP contribution in [-0.2, 0) is 14.3 Å². The first kappa shape index (κ1) is 15.8. The Bertz CT molecular complexity index is 332. The third-order valence-electron chi connectivity index (χ3n) is 2.92. The smallest absolute Gasteiger partial charge is 0.310 e. The summed E-state index contributed by atoms with van der Waals surface area (Å²) >= 11 is 16.3. The Morgan fingerprint density at radius 3 is 2.44 bits per heavy atom. The Hall–Kier alpha value is -0.230. The second kappa shape index (κ2) is 6.28. The van der Waals surface area contributed by atoms with Gasteiger partial charge in [-0.2, -0.15) is 0 Å². The second-order valence-electron chi connectivity index (χ2n) is 4.12. The number of ether oxygens (including phenoxy) is 1. The van der Waals surface area contributed by atoms with Crippen molar-refractivity contribution in [3.05, 3.63) is 0 Å². The highest BCUT2D eigenvalue weighted by Gasteiger charge is 2.41. The van der Waals surface area contributed by atoms with Crippen LogP contribution >= 0.6 is 34.8 Å². The lowest BCUT2D eigenvalue weighted by Gasteiger charge is -2.34. The van der Waals surface area contributed by atoms with Gasteiger partial charge in [0, 0.05) is 0 Å². The number of amides is 1. The van der Waals surface area contributed by atoms with E-state index in [4.69, 9.17) is 34.8 Å². The molecule has 104 valence electrons. The molecule has 0 aromatic heterocycles. The van der Waals surface area contributed by atoms with Crippen molar-refractivity contribution < 1.29 is 19.4 Å². The Labute approximate surface area is 120 Å². The number of alkyl halides is 3. The second-order valence-corrected chi connectivity index (χ2v) is 6.41. The highest BCUT2D eigenvalue weighted by atomic mass is 35.6. The number of carbonyl (C=O) groups excluding carboxylic acids is 2. The SMILES string of the molecule is COC(=O)[C@H]1CCC[C@H](O)[C@@H]1NC(=O)C(Cl)(Cl)Cl. The van der Waals surface area contributed by atoms with Crippen molar-refractivity contribution in [2.75, 3.05) is 7.11 Å². The number of halogens is 3. The van der Waals surface area contributed by atoms with Crippen molar-refractivity contribution >= 4 is 46.7 Å². The Kier molecular flexibility index (Phi) is 5.52. The summed E-state index contributed by atoms with van der Waals surface area (Å²) < 4.78 is 2.51. The summed E-state index contributed by atoms with van der Waals surface area (Å²) in [7, 11) is 1.25. The van der Waals surface area contributed by atoms with Gasteiger partial charge in [0.25, 0.3) is 9.70 Å². The minimum Gasteiger partial charge on any atom is -0.469 e. The topological polar surface area (TPSA) is 75.6 Å². The number of carbonyl (C=O) groups is 2. The zero-order valence-corrected chi connectivity index (χ0v) is 11.9. The average Bonchev–Trinajstić information content (AvgIpc) is 2.29. The van der Waals surface area contributed by atoms with E-state index in [1.54, 1.807) is 0 Å². The van der Waals surface area contributed by atoms with Gasteiger partial charge in [0.2, 0.25) is 0 Å². The van der Waals surface area contributed by atoms with Crippen LogP contribution in [0.15, 0.2) is 0 Å². The number of esters is 1. The molecule has 0 bridgehead atoms. The van der Waals surface area contributed by atoms with Crippen LogP contribution in [0, 0.1) is 5.92 Å². The molecule has 0 unspecified atom stereocenters. The maximum atomic E-state index is 11.6. The summed E-state index contributed by atoms with van der Waals surface area (Å²) in [4.78, 5) is 23.1. The molecule has 3 atom stereocenters. The fourth-order valence-electron chi connectivity index (χ4n) is 2.02. The molecule has 0 heterocycles. The van der Waals surface area contributed by atoms with Crippen LogP contribution in [0.2, 0.25) is 0 Å². The third-order valence-corrected chi connectivity index (χ3v) is 3.44. The molecule has 1 rings (SSSR count). The maximum absolute atomic E-state index is 11.6. The van der Waals surface area contributed by atoms with Crippen LogP contribution < -0.4 is 5.32 Å². The first-order valence-electron chi connectivity index (χ1n) is 5.41. The number of hydrogen-bond acceptors (Lipinski definition) is 4. The first-order valence-corrected chi connectivity index (χ1v) is 6.54. The van der Waals surface area contributed by atoms with Crippen LogP contribution in [0.5, 0.6) is 0 Å². The molecule has 0 aromatic rings. The van der Waals surface area contributed by atoms with E-state index in [0.717, 1.165) is 0 Å². The van der Waals surface area contributed by atoms with Crippen LogP contribution in [0.1, 0.15) is 19.3 Å². The van der Waals surface area contributed by atoms with Crippen LogP contribution in [0.3, 0.4) is 0 Å². The molecular weight excluding hydrogens is 304 g/mol. The summed E-state index contributed by atoms with van der Waals surface area (Å²) in [6.45, 7) is 0. The van der Waals surface area contributed by atoms with Gasteiger partial charge in [-0.05, 0) is 19.3 Å². The predicted molar refractivity (Wildman–Crippen MR) is 67.6 cm³/mol. The summed E-state index contributed by atoms with van der Waals surface area (Å²) in [6.07, 6.45) is 0.785. The molecule has 2 N–H and O–H groups in total. The van der Waals surface area contributed by atoms with Crippen molar-refractivity contribution in [1.82, 2.24) is 5.32 Å². The van der Waals surface area contributed by atoms with Gasteiger partial charge in [0.1, 0.15) is 0 Å². The third kappa shape index (κ3) is 3.88. The van der Waals surface area contributed by atoms with Gasteiger partial charge in [0.15, 0.2) is 0 Å². The molecule has 0 aromatic carbocycles. The van der Waals surface area contributed by atoms with Gasteiger partial charge in [-0.3, -0.25) is 9.59 Å². The summed E-state index contributed by atoms with van der Waals surface area (Å²) in [5, 5.41) is 12.2. The van der Waals surface area contributed by atoms with E-state index in [0.29, 0.717) is 19.3 Å². The lowest BCUT2D eigenvalue weighted by molar-refractivity contribution is -0.150. The van der Waals surface area contributed by atoms with Crippen molar-refractivity contribution in [3.8, 4) is 0 Å². The lowest BCUT2D eigenvalue weighted by atomic mass is 9.82. The molecule has 0 spiro atoms. The molecule has 1 amide bonds. The molecule has 5 nitrogen and oxygen atoms in total. The van der Waals surface area contributed by atoms with Crippen molar-refractivity contribution in [2.24, 2.45) is 5.92 Å². The molecule has 1 aliphatic carbocycles. The number of methoxy groups -OCH3 is 1. The monoisotopic (exact) mass is 317 g/mol. The largest absolute Gasteiger partial charge is 0.469 e. The number of nitrogens with one attached hydrogen (secondary N) is 1. The quantitative estimate of drug-likeness (QED) is 0.592. The lowest BCUT2D eigenvalue weighted by Crippen LogP contribution is -2.55. The van der Waals surface area contributed by atoms with E-state index in [2.05, 4.69) is 10.1 Å². The van der Waals surface area contributed by atoms with Crippen molar-refractivity contribution in [1.29, 1.82) is 0 Å². The fourth-order valence-corrected chi connectivity index (χ4v) is 2.18. The molecule has 1 saturated carbocycles. The van der Waals surface area contributed by atoms with Gasteiger partial charge in [0.05, 0.1) is 25.2 Å². The highest BCUT2D eigenvalue weighted by molar-refractivity contribution is 6.76. The van der Waals surface area contributed by atoms with Crippen LogP contribution in [0.25, 0.3) is 0 Å². The van der Waals surface area contributed by atoms with E-state index in [-0.39, 0.29) is 0 Å². The van der Waals surface area contributed by atoms with E-state index in [1.165, 1.54) is 7.11 Å². The van der Waals surface area contributed by atoms with Crippen molar-refractivity contribution in [3.63, 3.8) is 0 Å². The van der Waals surface area contributed by atoms with Gasteiger partial charge < -0.3 is 15.2 Å². The zero-order valence-electron chi connectivity index (χ0n) is 9.66. The molecule has 18 heavy (non-hydrogen) atoms.